The number of nitro groups is 1. The smallest absolute Gasteiger partial charge is 0.343 e. The average molecular weight is 325 g/mol. The number of nitrogens with one attached hydrogen (secondary N) is 2. The fourth-order valence-corrected chi connectivity index (χ4v) is 2.19. The first kappa shape index (κ1) is 15.6. The van der Waals surface area contributed by atoms with Crippen LogP contribution in [-0.4, -0.2) is 38.6 Å². The van der Waals surface area contributed by atoms with Crippen molar-refractivity contribution in [1.82, 2.24) is 15.2 Å². The third-order valence-electron chi connectivity index (χ3n) is 2.40. The number of thiazole rings is 1. The van der Waals surface area contributed by atoms with Crippen LogP contribution in [0.4, 0.5) is 10.9 Å². The van der Waals surface area contributed by atoms with Gasteiger partial charge in [-0.1, -0.05) is 5.10 Å². The molecule has 2 aromatic heterocycles. The van der Waals surface area contributed by atoms with Gasteiger partial charge in [0, 0.05) is 5.38 Å². The number of carbonyl (C=O) groups is 2. The second kappa shape index (κ2) is 6.76. The molecule has 0 bridgehead atoms. The standard InChI is InChI=1S/C11H11N5O5S/c1-2-21-9(17)3-6-5-22-11(12-6)13-10(18)7-4-8(15-14-7)16(19)20/h4-5H,2-3H2,1H3,(H,14,15)(H,12,13,18). The number of nitrogens with zero attached hydrogens (tertiary/aromatic N) is 3. The van der Waals surface area contributed by atoms with Crippen LogP contribution >= 0.6 is 11.3 Å². The molecule has 0 saturated carbocycles. The Kier molecular flexibility index (Phi) is 4.78. The summed E-state index contributed by atoms with van der Waals surface area (Å²) in [6.07, 6.45) is 0.00802. The van der Waals surface area contributed by atoms with Gasteiger partial charge in [0.05, 0.1) is 24.8 Å². The third kappa shape index (κ3) is 3.85. The summed E-state index contributed by atoms with van der Waals surface area (Å²) >= 11 is 1.12. The Morgan fingerprint density at radius 1 is 1.55 bits per heavy atom. The lowest BCUT2D eigenvalue weighted by atomic mass is 10.3. The highest BCUT2D eigenvalue weighted by molar-refractivity contribution is 7.14. The summed E-state index contributed by atoms with van der Waals surface area (Å²) in [6.45, 7) is 1.98. The van der Waals surface area contributed by atoms with Crippen LogP contribution in [0.5, 0.6) is 0 Å². The molecular formula is C11H11N5O5S. The minimum Gasteiger partial charge on any atom is -0.466 e. The van der Waals surface area contributed by atoms with Gasteiger partial charge in [-0.25, -0.2) is 4.98 Å². The molecule has 0 fully saturated rings. The Bertz CT molecular complexity index is 709. The predicted molar refractivity (Wildman–Crippen MR) is 75.6 cm³/mol. The number of aromatic amines is 1. The first-order chi connectivity index (χ1) is 10.5. The van der Waals surface area contributed by atoms with Gasteiger partial charge >= 0.3 is 11.8 Å². The Morgan fingerprint density at radius 2 is 2.32 bits per heavy atom. The molecule has 0 aliphatic rings. The predicted octanol–water partition coefficient (Wildman–Crippen LogP) is 1.13. The van der Waals surface area contributed by atoms with E-state index in [0.29, 0.717) is 5.69 Å². The van der Waals surface area contributed by atoms with E-state index in [-0.39, 0.29) is 29.7 Å². The summed E-state index contributed by atoms with van der Waals surface area (Å²) < 4.78 is 4.79. The number of carbonyl (C=O) groups excluding carboxylic acids is 2. The second-order valence-electron chi connectivity index (χ2n) is 3.98. The van der Waals surface area contributed by atoms with Crippen molar-refractivity contribution in [3.05, 3.63) is 32.9 Å². The van der Waals surface area contributed by atoms with E-state index in [2.05, 4.69) is 20.5 Å². The van der Waals surface area contributed by atoms with Crippen molar-refractivity contribution < 1.29 is 19.2 Å². The quantitative estimate of drug-likeness (QED) is 0.461. The van der Waals surface area contributed by atoms with E-state index < -0.39 is 16.8 Å². The lowest BCUT2D eigenvalue weighted by Gasteiger charge is -1.98. The van der Waals surface area contributed by atoms with Gasteiger partial charge in [-0.05, 0) is 11.8 Å². The van der Waals surface area contributed by atoms with E-state index in [1.165, 1.54) is 0 Å². The highest BCUT2D eigenvalue weighted by atomic mass is 32.1. The minimum atomic E-state index is -0.690. The highest BCUT2D eigenvalue weighted by Gasteiger charge is 2.18. The van der Waals surface area contributed by atoms with Gasteiger partial charge in [0.25, 0.3) is 5.91 Å². The monoisotopic (exact) mass is 325 g/mol. The van der Waals surface area contributed by atoms with Crippen molar-refractivity contribution in [2.75, 3.05) is 11.9 Å². The molecule has 0 radical (unpaired) electrons. The second-order valence-corrected chi connectivity index (χ2v) is 4.83. The molecule has 1 amide bonds. The van der Waals surface area contributed by atoms with Crippen LogP contribution in [0.15, 0.2) is 11.4 Å². The van der Waals surface area contributed by atoms with Crippen LogP contribution in [-0.2, 0) is 16.0 Å². The van der Waals surface area contributed by atoms with E-state index in [1.807, 2.05) is 0 Å². The molecule has 2 N–H and O–H groups in total. The van der Waals surface area contributed by atoms with Crippen LogP contribution in [0.1, 0.15) is 23.1 Å². The van der Waals surface area contributed by atoms with Crippen molar-refractivity contribution in [1.29, 1.82) is 0 Å². The Morgan fingerprint density at radius 3 is 2.95 bits per heavy atom. The molecule has 0 saturated heterocycles. The summed E-state index contributed by atoms with van der Waals surface area (Å²) in [5, 5.41) is 20.5. The molecule has 0 aliphatic heterocycles. The summed E-state index contributed by atoms with van der Waals surface area (Å²) in [7, 11) is 0. The number of hydrogen-bond acceptors (Lipinski definition) is 8. The minimum absolute atomic E-state index is 0.00802. The molecule has 0 unspecified atom stereocenters. The number of ether oxygens (including phenoxy) is 1. The van der Waals surface area contributed by atoms with Gasteiger partial charge in [0.2, 0.25) is 0 Å². The number of anilines is 1. The van der Waals surface area contributed by atoms with Gasteiger partial charge in [0.1, 0.15) is 0 Å². The molecule has 22 heavy (non-hydrogen) atoms. The molecule has 0 aromatic carbocycles. The number of hydrogen-bond donors (Lipinski definition) is 2. The third-order valence-corrected chi connectivity index (χ3v) is 3.20. The number of amides is 1. The molecule has 2 heterocycles. The molecule has 2 aromatic rings. The largest absolute Gasteiger partial charge is 0.466 e. The van der Waals surface area contributed by atoms with E-state index in [0.717, 1.165) is 17.4 Å². The van der Waals surface area contributed by atoms with E-state index >= 15 is 0 Å². The summed E-state index contributed by atoms with van der Waals surface area (Å²) in [6, 6.07) is 1.02. The first-order valence-corrected chi connectivity index (χ1v) is 6.98. The van der Waals surface area contributed by atoms with Crippen LogP contribution in [0.3, 0.4) is 0 Å². The first-order valence-electron chi connectivity index (χ1n) is 6.10. The van der Waals surface area contributed by atoms with Crippen molar-refractivity contribution in [2.45, 2.75) is 13.3 Å². The van der Waals surface area contributed by atoms with Gasteiger partial charge in [-0.3, -0.25) is 14.9 Å². The zero-order valence-electron chi connectivity index (χ0n) is 11.4. The van der Waals surface area contributed by atoms with E-state index in [9.17, 15) is 19.7 Å². The number of esters is 1. The van der Waals surface area contributed by atoms with Crippen molar-refractivity contribution in [3.8, 4) is 0 Å². The van der Waals surface area contributed by atoms with Crippen LogP contribution < -0.4 is 5.32 Å². The van der Waals surface area contributed by atoms with Gasteiger partial charge in [-0.15, -0.1) is 16.4 Å². The number of H-pyrrole nitrogens is 1. The zero-order valence-corrected chi connectivity index (χ0v) is 12.2. The van der Waals surface area contributed by atoms with E-state index in [4.69, 9.17) is 4.74 Å². The highest BCUT2D eigenvalue weighted by Crippen LogP contribution is 2.17. The summed E-state index contributed by atoms with van der Waals surface area (Å²) in [4.78, 5) is 37.0. The van der Waals surface area contributed by atoms with Crippen molar-refractivity contribution >= 4 is 34.2 Å². The number of rotatable bonds is 6. The average Bonchev–Trinajstić information content (AvgIpc) is 3.08. The van der Waals surface area contributed by atoms with Crippen LogP contribution in [0.25, 0.3) is 0 Å². The SMILES string of the molecule is CCOC(=O)Cc1csc(NC(=O)c2cc([N+](=O)[O-])[nH]n2)n1. The van der Waals surface area contributed by atoms with Crippen LogP contribution in [0, 0.1) is 10.1 Å². The fourth-order valence-electron chi connectivity index (χ4n) is 1.49. The molecule has 0 aliphatic carbocycles. The number of aromatic nitrogens is 3. The molecule has 0 atom stereocenters. The molecule has 2 rings (SSSR count). The van der Waals surface area contributed by atoms with Crippen molar-refractivity contribution in [3.63, 3.8) is 0 Å². The van der Waals surface area contributed by atoms with Gasteiger partial charge in [0.15, 0.2) is 10.8 Å². The molecule has 10 nitrogen and oxygen atoms in total. The van der Waals surface area contributed by atoms with Crippen molar-refractivity contribution in [2.24, 2.45) is 0 Å². The van der Waals surface area contributed by atoms with Gasteiger partial charge < -0.3 is 14.9 Å². The van der Waals surface area contributed by atoms with Gasteiger partial charge in [-0.2, -0.15) is 0 Å². The molecule has 11 heteroatoms. The molecular weight excluding hydrogens is 314 g/mol. The topological polar surface area (TPSA) is 140 Å². The normalized spacial score (nSPS) is 10.2. The maximum atomic E-state index is 11.8. The van der Waals surface area contributed by atoms with Crippen LogP contribution in [0.2, 0.25) is 0 Å². The maximum absolute atomic E-state index is 11.8. The summed E-state index contributed by atoms with van der Waals surface area (Å²) in [5.74, 6) is -1.43. The zero-order chi connectivity index (χ0) is 16.1. The Hall–Kier alpha value is -2.82. The Balaban J connectivity index is 1.98. The van der Waals surface area contributed by atoms with E-state index in [1.54, 1.807) is 12.3 Å². The maximum Gasteiger partial charge on any atom is 0.343 e. The molecule has 116 valence electrons. The lowest BCUT2D eigenvalue weighted by Crippen LogP contribution is -2.12. The fraction of sp³-hybridized carbons (Fsp3) is 0.273. The summed E-state index contributed by atoms with van der Waals surface area (Å²) in [5.41, 5.74) is 0.334. The lowest BCUT2D eigenvalue weighted by molar-refractivity contribution is -0.389. The molecule has 0 spiro atoms. The Labute approximate surface area is 127 Å².